The van der Waals surface area contributed by atoms with Crippen LogP contribution in [0.4, 0.5) is 0 Å². The molecule has 180 valence electrons. The van der Waals surface area contributed by atoms with Gasteiger partial charge >= 0.3 is 0 Å². The smallest absolute Gasteiger partial charge is 0.251 e. The van der Waals surface area contributed by atoms with E-state index in [2.05, 4.69) is 20.0 Å². The van der Waals surface area contributed by atoms with Crippen LogP contribution in [0.3, 0.4) is 0 Å². The highest BCUT2D eigenvalue weighted by molar-refractivity contribution is 6.30. The van der Waals surface area contributed by atoms with Gasteiger partial charge in [-0.25, -0.2) is 14.6 Å². The molecule has 2 aromatic heterocycles. The van der Waals surface area contributed by atoms with Crippen LogP contribution in [-0.2, 0) is 17.8 Å². The second-order valence-corrected chi connectivity index (χ2v) is 9.24. The topological polar surface area (TPSA) is 76.4 Å². The van der Waals surface area contributed by atoms with E-state index in [-0.39, 0.29) is 5.91 Å². The molecular weight excluding hydrogens is 452 g/mol. The molecule has 0 unspecified atom stereocenters. The Labute approximate surface area is 205 Å². The van der Waals surface area contributed by atoms with Crippen molar-refractivity contribution < 1.29 is 9.53 Å². The number of benzene rings is 1. The molecule has 1 saturated heterocycles. The summed E-state index contributed by atoms with van der Waals surface area (Å²) in [7, 11) is 1.67. The Morgan fingerprint density at radius 1 is 1.03 bits per heavy atom. The highest BCUT2D eigenvalue weighted by atomic mass is 35.5. The number of halogens is 1. The van der Waals surface area contributed by atoms with Crippen LogP contribution >= 0.6 is 11.6 Å². The molecule has 1 aliphatic heterocycles. The summed E-state index contributed by atoms with van der Waals surface area (Å²) in [6, 6.07) is 7.60. The Hall–Kier alpha value is -2.97. The van der Waals surface area contributed by atoms with Crippen molar-refractivity contribution in [3.63, 3.8) is 0 Å². The van der Waals surface area contributed by atoms with Gasteiger partial charge in [0.2, 0.25) is 5.91 Å². The van der Waals surface area contributed by atoms with Gasteiger partial charge in [0.05, 0.1) is 19.2 Å². The number of aryl methyl sites for hydroxylation is 3. The Balaban J connectivity index is 1.40. The summed E-state index contributed by atoms with van der Waals surface area (Å²) >= 11 is 6.17. The average molecular weight is 483 g/mol. The standard InChI is InChI=1S/C25H31ClN6O2/c1-16-12-17(2)28-25(27-16)32-19(4)22(18(3)29-32)14-24(33)31-10-8-30(9-11-31)15-20-13-21(26)6-7-23(20)34-5/h6-7,12-13H,8-11,14-15H2,1-5H3. The molecule has 3 heterocycles. The van der Waals surface area contributed by atoms with Gasteiger partial charge in [-0.1, -0.05) is 11.6 Å². The highest BCUT2D eigenvalue weighted by Gasteiger charge is 2.25. The number of methoxy groups -OCH3 is 1. The molecule has 0 atom stereocenters. The lowest BCUT2D eigenvalue weighted by Gasteiger charge is -2.35. The Kier molecular flexibility index (Phi) is 7.19. The summed E-state index contributed by atoms with van der Waals surface area (Å²) in [5, 5.41) is 5.33. The quantitative estimate of drug-likeness (QED) is 0.535. The van der Waals surface area contributed by atoms with E-state index < -0.39 is 0 Å². The van der Waals surface area contributed by atoms with Crippen LogP contribution in [-0.4, -0.2) is 68.7 Å². The minimum Gasteiger partial charge on any atom is -0.496 e. The molecule has 0 bridgehead atoms. The van der Waals surface area contributed by atoms with E-state index in [1.54, 1.807) is 11.8 Å². The molecule has 1 fully saturated rings. The lowest BCUT2D eigenvalue weighted by atomic mass is 10.1. The van der Waals surface area contributed by atoms with Crippen LogP contribution in [0.2, 0.25) is 5.02 Å². The predicted molar refractivity (Wildman–Crippen MR) is 132 cm³/mol. The van der Waals surface area contributed by atoms with Gasteiger partial charge in [-0.2, -0.15) is 5.10 Å². The van der Waals surface area contributed by atoms with Gasteiger partial charge in [0.15, 0.2) is 0 Å². The lowest BCUT2D eigenvalue weighted by molar-refractivity contribution is -0.132. The first-order valence-corrected chi connectivity index (χ1v) is 11.8. The summed E-state index contributed by atoms with van der Waals surface area (Å²) in [6.07, 6.45) is 0.324. The zero-order chi connectivity index (χ0) is 24.4. The normalized spacial score (nSPS) is 14.5. The first kappa shape index (κ1) is 24.2. The Morgan fingerprint density at radius 2 is 1.71 bits per heavy atom. The fourth-order valence-electron chi connectivity index (χ4n) is 4.46. The number of carbonyl (C=O) groups excluding carboxylic acids is 1. The number of ether oxygens (including phenoxy) is 1. The monoisotopic (exact) mass is 482 g/mol. The van der Waals surface area contributed by atoms with Crippen molar-refractivity contribution in [2.75, 3.05) is 33.3 Å². The fourth-order valence-corrected chi connectivity index (χ4v) is 4.65. The fraction of sp³-hybridized carbons (Fsp3) is 0.440. The molecule has 3 aromatic rings. The third-order valence-electron chi connectivity index (χ3n) is 6.29. The lowest BCUT2D eigenvalue weighted by Crippen LogP contribution is -2.48. The number of amides is 1. The van der Waals surface area contributed by atoms with E-state index in [1.165, 1.54) is 0 Å². The zero-order valence-electron chi connectivity index (χ0n) is 20.4. The van der Waals surface area contributed by atoms with Crippen molar-refractivity contribution >= 4 is 17.5 Å². The largest absolute Gasteiger partial charge is 0.496 e. The third kappa shape index (κ3) is 5.23. The molecule has 1 aliphatic rings. The minimum atomic E-state index is 0.118. The molecule has 8 nitrogen and oxygen atoms in total. The van der Waals surface area contributed by atoms with E-state index in [4.69, 9.17) is 16.3 Å². The number of nitrogens with zero attached hydrogens (tertiary/aromatic N) is 6. The van der Waals surface area contributed by atoms with E-state index >= 15 is 0 Å². The SMILES string of the molecule is COc1ccc(Cl)cc1CN1CCN(C(=O)Cc2c(C)nn(-c3nc(C)cc(C)n3)c2C)CC1. The van der Waals surface area contributed by atoms with E-state index in [0.717, 1.165) is 59.3 Å². The van der Waals surface area contributed by atoms with Crippen molar-refractivity contribution in [3.8, 4) is 11.7 Å². The maximum atomic E-state index is 13.1. The van der Waals surface area contributed by atoms with E-state index in [9.17, 15) is 4.79 Å². The van der Waals surface area contributed by atoms with Crippen molar-refractivity contribution in [1.29, 1.82) is 0 Å². The molecule has 1 amide bonds. The van der Waals surface area contributed by atoms with Crippen molar-refractivity contribution in [1.82, 2.24) is 29.5 Å². The summed E-state index contributed by atoms with van der Waals surface area (Å²) < 4.78 is 7.21. The molecule has 0 aliphatic carbocycles. The molecule has 0 N–H and O–H groups in total. The summed E-state index contributed by atoms with van der Waals surface area (Å²) in [6.45, 7) is 11.5. The molecule has 1 aromatic carbocycles. The molecule has 4 rings (SSSR count). The van der Waals surface area contributed by atoms with Crippen LogP contribution in [0.5, 0.6) is 5.75 Å². The van der Waals surface area contributed by atoms with Crippen LogP contribution in [0.15, 0.2) is 24.3 Å². The van der Waals surface area contributed by atoms with Crippen LogP contribution in [0.1, 0.15) is 33.9 Å². The van der Waals surface area contributed by atoms with E-state index in [1.807, 2.05) is 56.9 Å². The van der Waals surface area contributed by atoms with Crippen molar-refractivity contribution in [2.45, 2.75) is 40.7 Å². The third-order valence-corrected chi connectivity index (χ3v) is 6.53. The summed E-state index contributed by atoms with van der Waals surface area (Å²) in [5.74, 6) is 1.49. The molecular formula is C25H31ClN6O2. The van der Waals surface area contributed by atoms with Gasteiger partial charge in [-0.05, 0) is 52.0 Å². The number of hydrogen-bond acceptors (Lipinski definition) is 6. The second-order valence-electron chi connectivity index (χ2n) is 8.80. The predicted octanol–water partition coefficient (Wildman–Crippen LogP) is 3.44. The van der Waals surface area contributed by atoms with Gasteiger partial charge < -0.3 is 9.64 Å². The van der Waals surface area contributed by atoms with Gasteiger partial charge in [0, 0.05) is 66.0 Å². The maximum Gasteiger partial charge on any atom is 0.251 e. The Bertz CT molecular complexity index is 1180. The average Bonchev–Trinajstić information content (AvgIpc) is 3.07. The highest BCUT2D eigenvalue weighted by Crippen LogP contribution is 2.25. The Morgan fingerprint density at radius 3 is 2.35 bits per heavy atom. The van der Waals surface area contributed by atoms with Crippen molar-refractivity contribution in [3.05, 3.63) is 63.2 Å². The van der Waals surface area contributed by atoms with Gasteiger partial charge in [0.25, 0.3) is 5.95 Å². The molecule has 9 heteroatoms. The zero-order valence-corrected chi connectivity index (χ0v) is 21.2. The summed E-state index contributed by atoms with van der Waals surface area (Å²) in [5.41, 5.74) is 5.52. The number of rotatable bonds is 6. The van der Waals surface area contributed by atoms with Crippen molar-refractivity contribution in [2.24, 2.45) is 0 Å². The first-order valence-electron chi connectivity index (χ1n) is 11.5. The first-order chi connectivity index (χ1) is 16.2. The molecule has 34 heavy (non-hydrogen) atoms. The summed E-state index contributed by atoms with van der Waals surface area (Å²) in [4.78, 5) is 26.4. The minimum absolute atomic E-state index is 0.118. The number of piperazine rings is 1. The number of carbonyl (C=O) groups is 1. The molecule has 0 spiro atoms. The van der Waals surface area contributed by atoms with Gasteiger partial charge in [-0.15, -0.1) is 0 Å². The van der Waals surface area contributed by atoms with Crippen LogP contribution < -0.4 is 4.74 Å². The maximum absolute atomic E-state index is 13.1. The number of hydrogen-bond donors (Lipinski definition) is 0. The van der Waals surface area contributed by atoms with E-state index in [0.29, 0.717) is 30.5 Å². The second kappa shape index (κ2) is 10.1. The number of aromatic nitrogens is 4. The van der Waals surface area contributed by atoms with Crippen LogP contribution in [0.25, 0.3) is 5.95 Å². The molecule has 0 radical (unpaired) electrons. The molecule has 0 saturated carbocycles. The van der Waals surface area contributed by atoms with Crippen LogP contribution in [0, 0.1) is 27.7 Å². The van der Waals surface area contributed by atoms with Gasteiger partial charge in [-0.3, -0.25) is 9.69 Å². The van der Waals surface area contributed by atoms with Gasteiger partial charge in [0.1, 0.15) is 5.75 Å².